The van der Waals surface area contributed by atoms with E-state index in [1.807, 2.05) is 0 Å². The van der Waals surface area contributed by atoms with Crippen molar-refractivity contribution in [3.05, 3.63) is 74.5 Å². The summed E-state index contributed by atoms with van der Waals surface area (Å²) >= 11 is 0. The molecule has 1 aromatic carbocycles. The molecule has 15 heteroatoms. The molecule has 0 saturated heterocycles. The molecule has 0 amide bonds. The van der Waals surface area contributed by atoms with Crippen molar-refractivity contribution in [3.63, 3.8) is 0 Å². The summed E-state index contributed by atoms with van der Waals surface area (Å²) in [6.07, 6.45) is 4.67. The molecule has 3 heterocycles. The van der Waals surface area contributed by atoms with Crippen LogP contribution in [0.2, 0.25) is 0 Å². The highest BCUT2D eigenvalue weighted by Crippen LogP contribution is 2.50. The van der Waals surface area contributed by atoms with Gasteiger partial charge in [-0.25, -0.2) is 14.2 Å². The maximum atomic E-state index is 13.6. The van der Waals surface area contributed by atoms with Gasteiger partial charge in [-0.2, -0.15) is 4.98 Å². The van der Waals surface area contributed by atoms with Crippen LogP contribution in [0, 0.1) is 5.82 Å². The Hall–Kier alpha value is -3.58. The van der Waals surface area contributed by atoms with Crippen molar-refractivity contribution in [2.45, 2.75) is 51.4 Å². The second-order valence-corrected chi connectivity index (χ2v) is 11.1. The molecule has 1 unspecified atom stereocenters. The van der Waals surface area contributed by atoms with Crippen LogP contribution in [0.5, 0.6) is 0 Å². The molecule has 3 N–H and O–H groups in total. The van der Waals surface area contributed by atoms with Crippen molar-refractivity contribution >= 4 is 24.7 Å². The highest BCUT2D eigenvalue weighted by molar-refractivity contribution is 7.53. The van der Waals surface area contributed by atoms with E-state index in [1.54, 1.807) is 10.6 Å². The van der Waals surface area contributed by atoms with E-state index in [0.29, 0.717) is 11.3 Å². The molecule has 1 saturated carbocycles. The predicted octanol–water partition coefficient (Wildman–Crippen LogP) is 3.65. The smallest absolute Gasteiger partial charge is 0.395 e. The zero-order valence-corrected chi connectivity index (χ0v) is 21.7. The quantitative estimate of drug-likeness (QED) is 0.190. The highest BCUT2D eigenvalue weighted by atomic mass is 31.2. The summed E-state index contributed by atoms with van der Waals surface area (Å²) in [6, 6.07) is 5.66. The van der Waals surface area contributed by atoms with Gasteiger partial charge in [0.2, 0.25) is 5.95 Å². The number of imidazole rings is 1. The van der Waals surface area contributed by atoms with Crippen LogP contribution >= 0.6 is 7.60 Å². The molecule has 0 spiro atoms. The van der Waals surface area contributed by atoms with Gasteiger partial charge in [0.15, 0.2) is 22.7 Å². The Labute approximate surface area is 220 Å². The summed E-state index contributed by atoms with van der Waals surface area (Å²) in [4.78, 5) is 34.3. The number of hydrogen-bond donors (Lipinski definition) is 2. The average Bonchev–Trinajstić information content (AvgIpc) is 3.65. The minimum Gasteiger partial charge on any atom is -0.395 e. The third-order valence-electron chi connectivity index (χ3n) is 6.33. The summed E-state index contributed by atoms with van der Waals surface area (Å²) in [6.45, 7) is -0.301. The minimum absolute atomic E-state index is 0.0267. The van der Waals surface area contributed by atoms with E-state index in [-0.39, 0.29) is 55.2 Å². The molecule has 1 aliphatic rings. The van der Waals surface area contributed by atoms with Crippen LogP contribution in [0.4, 0.5) is 10.3 Å². The molecule has 1 atom stereocenters. The lowest BCUT2D eigenvalue weighted by Crippen LogP contribution is -2.13. The van der Waals surface area contributed by atoms with Crippen molar-refractivity contribution in [3.8, 4) is 0 Å². The molecule has 0 bridgehead atoms. The molecular formula is C24H27FN5O8P. The number of benzene rings is 1. The molecule has 208 valence electrons. The van der Waals surface area contributed by atoms with Crippen molar-refractivity contribution in [2.75, 3.05) is 18.7 Å². The van der Waals surface area contributed by atoms with Gasteiger partial charge in [-0.05, 0) is 30.5 Å². The number of nitrogen functional groups attached to an aromatic ring is 1. The largest absolute Gasteiger partial charge is 0.519 e. The van der Waals surface area contributed by atoms with Gasteiger partial charge in [0.25, 0.3) is 5.56 Å². The SMILES string of the molecule is Nc1nc2c(ncn2CCOCP(=O)(OCc2cccc(F)c2)OCc2oc(=O)oc2C2CCCC2)c(=O)[nH]1. The summed E-state index contributed by atoms with van der Waals surface area (Å²) in [5.74, 6) is -0.808. The maximum absolute atomic E-state index is 13.6. The second kappa shape index (κ2) is 11.7. The van der Waals surface area contributed by atoms with Crippen LogP contribution in [0.3, 0.4) is 0 Å². The van der Waals surface area contributed by atoms with Gasteiger partial charge in [0.1, 0.15) is 18.8 Å². The summed E-state index contributed by atoms with van der Waals surface area (Å²) in [7, 11) is -3.94. The number of nitrogens with zero attached hydrogens (tertiary/aromatic N) is 3. The van der Waals surface area contributed by atoms with Crippen LogP contribution < -0.4 is 17.1 Å². The monoisotopic (exact) mass is 563 g/mol. The van der Waals surface area contributed by atoms with E-state index in [1.165, 1.54) is 24.5 Å². The van der Waals surface area contributed by atoms with Gasteiger partial charge in [-0.1, -0.05) is 25.0 Å². The van der Waals surface area contributed by atoms with Gasteiger partial charge >= 0.3 is 13.4 Å². The van der Waals surface area contributed by atoms with Crippen molar-refractivity contribution < 1.29 is 31.6 Å². The normalized spacial score (nSPS) is 15.7. The zero-order chi connectivity index (χ0) is 27.4. The van der Waals surface area contributed by atoms with E-state index in [2.05, 4.69) is 15.0 Å². The zero-order valence-electron chi connectivity index (χ0n) is 20.8. The molecule has 0 aliphatic heterocycles. The number of rotatable bonds is 12. The lowest BCUT2D eigenvalue weighted by molar-refractivity contribution is 0.113. The number of fused-ring (bicyclic) bond motifs is 1. The number of nitrogens with one attached hydrogen (secondary N) is 1. The first-order valence-electron chi connectivity index (χ1n) is 12.3. The molecule has 13 nitrogen and oxygen atoms in total. The van der Waals surface area contributed by atoms with E-state index in [9.17, 15) is 18.5 Å². The molecule has 1 aliphatic carbocycles. The Morgan fingerprint density at radius 1 is 1.18 bits per heavy atom. The van der Waals surface area contributed by atoms with Gasteiger partial charge in [-0.3, -0.25) is 18.9 Å². The standard InChI is InChI=1S/C24H27FN5O8P/c25-17-7-3-4-15(10-17)11-35-39(33,36-12-18-20(38-24(32)37-18)16-5-1-2-6-16)14-34-9-8-30-13-27-19-21(30)28-23(26)29-22(19)31/h3-4,7,10,13,16H,1-2,5-6,8-9,11-12,14H2,(H3,26,28,29,31). The predicted molar refractivity (Wildman–Crippen MR) is 135 cm³/mol. The van der Waals surface area contributed by atoms with Gasteiger partial charge in [0.05, 0.1) is 19.5 Å². The Bertz CT molecular complexity index is 1610. The first kappa shape index (κ1) is 27.0. The number of nitrogens with two attached hydrogens (primary N) is 1. The molecule has 4 aromatic rings. The number of aromatic nitrogens is 4. The van der Waals surface area contributed by atoms with Crippen LogP contribution in [0.1, 0.15) is 48.7 Å². The number of anilines is 1. The maximum Gasteiger partial charge on any atom is 0.519 e. The molecule has 3 aromatic heterocycles. The Kier molecular flexibility index (Phi) is 8.07. The number of hydrogen-bond acceptors (Lipinski definition) is 11. The van der Waals surface area contributed by atoms with Crippen molar-refractivity contribution in [2.24, 2.45) is 0 Å². The molecule has 39 heavy (non-hydrogen) atoms. The summed E-state index contributed by atoms with van der Waals surface area (Å²) < 4.78 is 56.1. The van der Waals surface area contributed by atoms with E-state index < -0.39 is 31.1 Å². The third kappa shape index (κ3) is 6.53. The highest BCUT2D eigenvalue weighted by Gasteiger charge is 2.30. The summed E-state index contributed by atoms with van der Waals surface area (Å²) in [5.41, 5.74) is 5.99. The Morgan fingerprint density at radius 3 is 2.77 bits per heavy atom. The fraction of sp³-hybridized carbons (Fsp3) is 0.417. The Morgan fingerprint density at radius 2 is 1.97 bits per heavy atom. The van der Waals surface area contributed by atoms with Crippen LogP contribution in [-0.4, -0.2) is 32.5 Å². The number of H-pyrrole nitrogens is 1. The molecular weight excluding hydrogens is 536 g/mol. The van der Waals surface area contributed by atoms with Crippen LogP contribution in [0.25, 0.3) is 11.2 Å². The first-order chi connectivity index (χ1) is 18.8. The fourth-order valence-electron chi connectivity index (χ4n) is 4.46. The van der Waals surface area contributed by atoms with E-state index >= 15 is 0 Å². The average molecular weight is 563 g/mol. The lowest BCUT2D eigenvalue weighted by atomic mass is 10.0. The topological polar surface area (TPSA) is 178 Å². The second-order valence-electron chi connectivity index (χ2n) is 9.11. The summed E-state index contributed by atoms with van der Waals surface area (Å²) in [5, 5.41) is 0. The molecule has 0 radical (unpaired) electrons. The number of ether oxygens (including phenoxy) is 1. The first-order valence-corrected chi connectivity index (χ1v) is 14.1. The molecule has 5 rings (SSSR count). The van der Waals surface area contributed by atoms with Crippen LogP contribution in [0.15, 0.2) is 49.0 Å². The van der Waals surface area contributed by atoms with Gasteiger partial charge in [-0.15, -0.1) is 0 Å². The Balaban J connectivity index is 1.26. The fourth-order valence-corrected chi connectivity index (χ4v) is 5.70. The van der Waals surface area contributed by atoms with E-state index in [4.69, 9.17) is 28.4 Å². The number of halogens is 1. The van der Waals surface area contributed by atoms with Gasteiger partial charge in [0, 0.05) is 12.5 Å². The van der Waals surface area contributed by atoms with Gasteiger partial charge < -0.3 is 28.4 Å². The number of aromatic amines is 1. The lowest BCUT2D eigenvalue weighted by Gasteiger charge is -2.19. The van der Waals surface area contributed by atoms with E-state index in [0.717, 1.165) is 25.7 Å². The van der Waals surface area contributed by atoms with Crippen molar-refractivity contribution in [1.82, 2.24) is 19.5 Å². The third-order valence-corrected chi connectivity index (χ3v) is 7.87. The van der Waals surface area contributed by atoms with Crippen molar-refractivity contribution in [1.29, 1.82) is 0 Å². The minimum atomic E-state index is -3.94. The molecule has 1 fully saturated rings. The van der Waals surface area contributed by atoms with Crippen LogP contribution in [-0.2, 0) is 38.1 Å².